The van der Waals surface area contributed by atoms with Crippen molar-refractivity contribution in [1.82, 2.24) is 19.4 Å². The van der Waals surface area contributed by atoms with Gasteiger partial charge in [0.05, 0.1) is 12.4 Å². The Bertz CT molecular complexity index is 806. The van der Waals surface area contributed by atoms with Gasteiger partial charge in [-0.05, 0) is 31.4 Å². The number of pyridine rings is 1. The molecule has 1 fully saturated rings. The lowest BCUT2D eigenvalue weighted by molar-refractivity contribution is 0.210. The van der Waals surface area contributed by atoms with Gasteiger partial charge >= 0.3 is 0 Å². The number of hydrogen-bond donors (Lipinski definition) is 1. The molecule has 22 heavy (non-hydrogen) atoms. The number of nitrogens with zero attached hydrogens (tertiary/aromatic N) is 4. The van der Waals surface area contributed by atoms with E-state index in [0.717, 1.165) is 41.7 Å². The minimum Gasteiger partial charge on any atom is -0.488 e. The average Bonchev–Trinajstić information content (AvgIpc) is 3.20. The van der Waals surface area contributed by atoms with Crippen molar-refractivity contribution >= 4 is 5.52 Å². The Balaban J connectivity index is 1.74. The molecule has 3 aromatic heterocycles. The standard InChI is InChI=1S/C16H19N5O/c1-20-9-12(8-19-20)11-6-16(15-4-5-18-21(15)10-11)22-14-3-2-13(17)7-14/h4-6,8-10,13-14H,2-3,7,17H2,1H3/t13-,14+/m0/s1. The largest absolute Gasteiger partial charge is 0.488 e. The maximum absolute atomic E-state index is 6.22. The van der Waals surface area contributed by atoms with Crippen molar-refractivity contribution in [3.8, 4) is 16.9 Å². The van der Waals surface area contributed by atoms with E-state index in [0.29, 0.717) is 0 Å². The van der Waals surface area contributed by atoms with E-state index in [1.165, 1.54) is 0 Å². The van der Waals surface area contributed by atoms with Crippen LogP contribution >= 0.6 is 0 Å². The van der Waals surface area contributed by atoms with Crippen molar-refractivity contribution in [3.63, 3.8) is 0 Å². The molecule has 0 spiro atoms. The maximum atomic E-state index is 6.22. The third-order valence-corrected chi connectivity index (χ3v) is 4.23. The summed E-state index contributed by atoms with van der Waals surface area (Å²) >= 11 is 0. The van der Waals surface area contributed by atoms with Gasteiger partial charge < -0.3 is 10.5 Å². The number of nitrogens with two attached hydrogens (primary N) is 1. The molecule has 1 aliphatic carbocycles. The van der Waals surface area contributed by atoms with Crippen LogP contribution in [0.1, 0.15) is 19.3 Å². The molecule has 6 heteroatoms. The van der Waals surface area contributed by atoms with Gasteiger partial charge in [0.15, 0.2) is 0 Å². The minimum atomic E-state index is 0.192. The Morgan fingerprint density at radius 1 is 1.23 bits per heavy atom. The lowest BCUT2D eigenvalue weighted by Crippen LogP contribution is -2.19. The molecule has 0 radical (unpaired) electrons. The van der Waals surface area contributed by atoms with Gasteiger partial charge in [0.2, 0.25) is 0 Å². The molecule has 3 aromatic rings. The fourth-order valence-corrected chi connectivity index (χ4v) is 3.08. The van der Waals surface area contributed by atoms with Crippen molar-refractivity contribution in [3.05, 3.63) is 36.9 Å². The third kappa shape index (κ3) is 2.35. The summed E-state index contributed by atoms with van der Waals surface area (Å²) < 4.78 is 9.86. The van der Waals surface area contributed by atoms with Crippen molar-refractivity contribution in [2.45, 2.75) is 31.4 Å². The Labute approximate surface area is 128 Å². The molecule has 2 atom stereocenters. The first kappa shape index (κ1) is 13.3. The number of fused-ring (bicyclic) bond motifs is 1. The van der Waals surface area contributed by atoms with Gasteiger partial charge in [0.1, 0.15) is 17.4 Å². The number of ether oxygens (including phenoxy) is 1. The predicted octanol–water partition coefficient (Wildman–Crippen LogP) is 1.99. The molecule has 1 aliphatic rings. The van der Waals surface area contributed by atoms with E-state index in [1.807, 2.05) is 36.2 Å². The lowest BCUT2D eigenvalue weighted by atomic mass is 10.1. The summed E-state index contributed by atoms with van der Waals surface area (Å²) in [5.41, 5.74) is 9.06. The quantitative estimate of drug-likeness (QED) is 0.802. The molecular formula is C16H19N5O. The van der Waals surface area contributed by atoms with Crippen LogP contribution < -0.4 is 10.5 Å². The van der Waals surface area contributed by atoms with Crippen LogP contribution in [0.5, 0.6) is 5.75 Å². The van der Waals surface area contributed by atoms with E-state index in [2.05, 4.69) is 16.3 Å². The molecule has 114 valence electrons. The van der Waals surface area contributed by atoms with Gasteiger partial charge in [0.25, 0.3) is 0 Å². The average molecular weight is 297 g/mol. The van der Waals surface area contributed by atoms with Crippen LogP contribution in [-0.4, -0.2) is 31.5 Å². The smallest absolute Gasteiger partial charge is 0.146 e. The highest BCUT2D eigenvalue weighted by Gasteiger charge is 2.24. The summed E-state index contributed by atoms with van der Waals surface area (Å²) in [6.07, 6.45) is 10.8. The van der Waals surface area contributed by atoms with Crippen LogP contribution in [0.25, 0.3) is 16.6 Å². The van der Waals surface area contributed by atoms with E-state index < -0.39 is 0 Å². The van der Waals surface area contributed by atoms with E-state index >= 15 is 0 Å². The Morgan fingerprint density at radius 2 is 2.14 bits per heavy atom. The molecule has 0 aromatic carbocycles. The summed E-state index contributed by atoms with van der Waals surface area (Å²) in [5, 5.41) is 8.58. The predicted molar refractivity (Wildman–Crippen MR) is 83.6 cm³/mol. The monoisotopic (exact) mass is 297 g/mol. The Morgan fingerprint density at radius 3 is 2.86 bits per heavy atom. The van der Waals surface area contributed by atoms with E-state index in [-0.39, 0.29) is 12.1 Å². The van der Waals surface area contributed by atoms with Crippen LogP contribution in [0, 0.1) is 0 Å². The van der Waals surface area contributed by atoms with E-state index in [4.69, 9.17) is 10.5 Å². The number of aryl methyl sites for hydroxylation is 1. The molecule has 0 unspecified atom stereocenters. The minimum absolute atomic E-state index is 0.192. The molecule has 6 nitrogen and oxygen atoms in total. The fourth-order valence-electron chi connectivity index (χ4n) is 3.08. The fraction of sp³-hybridized carbons (Fsp3) is 0.375. The second kappa shape index (κ2) is 5.14. The number of aromatic nitrogens is 4. The van der Waals surface area contributed by atoms with Crippen LogP contribution in [-0.2, 0) is 7.05 Å². The summed E-state index contributed by atoms with van der Waals surface area (Å²) in [6.45, 7) is 0. The number of hydrogen-bond acceptors (Lipinski definition) is 4. The first-order valence-electron chi connectivity index (χ1n) is 7.58. The summed E-state index contributed by atoms with van der Waals surface area (Å²) in [5.74, 6) is 0.859. The molecule has 0 bridgehead atoms. The second-order valence-corrected chi connectivity index (χ2v) is 5.97. The second-order valence-electron chi connectivity index (χ2n) is 5.97. The van der Waals surface area contributed by atoms with Crippen LogP contribution in [0.4, 0.5) is 0 Å². The summed E-state index contributed by atoms with van der Waals surface area (Å²) in [6, 6.07) is 4.29. The highest BCUT2D eigenvalue weighted by molar-refractivity contribution is 5.70. The molecule has 4 rings (SSSR count). The zero-order chi connectivity index (χ0) is 15.1. The summed E-state index contributed by atoms with van der Waals surface area (Å²) in [4.78, 5) is 0. The first-order valence-corrected chi connectivity index (χ1v) is 7.58. The van der Waals surface area contributed by atoms with Gasteiger partial charge in [-0.25, -0.2) is 4.52 Å². The van der Waals surface area contributed by atoms with Gasteiger partial charge in [0, 0.05) is 36.6 Å². The van der Waals surface area contributed by atoms with Crippen molar-refractivity contribution in [2.75, 3.05) is 0 Å². The van der Waals surface area contributed by atoms with E-state index in [9.17, 15) is 0 Å². The van der Waals surface area contributed by atoms with Gasteiger partial charge in [-0.2, -0.15) is 10.2 Å². The molecule has 0 amide bonds. The van der Waals surface area contributed by atoms with Crippen molar-refractivity contribution in [2.24, 2.45) is 12.8 Å². The topological polar surface area (TPSA) is 70.4 Å². The Kier molecular flexibility index (Phi) is 3.11. The molecule has 0 aliphatic heterocycles. The van der Waals surface area contributed by atoms with Crippen LogP contribution in [0.15, 0.2) is 36.9 Å². The molecule has 1 saturated carbocycles. The highest BCUT2D eigenvalue weighted by atomic mass is 16.5. The van der Waals surface area contributed by atoms with Gasteiger partial charge in [-0.3, -0.25) is 4.68 Å². The lowest BCUT2D eigenvalue weighted by Gasteiger charge is -2.15. The zero-order valence-corrected chi connectivity index (χ0v) is 12.5. The molecule has 3 heterocycles. The van der Waals surface area contributed by atoms with Crippen LogP contribution in [0.2, 0.25) is 0 Å². The SMILES string of the molecule is Cn1cc(-c2cc(O[C@@H]3CC[C@H](N)C3)c3ccnn3c2)cn1. The van der Waals surface area contributed by atoms with Gasteiger partial charge in [-0.1, -0.05) is 0 Å². The maximum Gasteiger partial charge on any atom is 0.146 e. The van der Waals surface area contributed by atoms with Crippen molar-refractivity contribution in [1.29, 1.82) is 0 Å². The molecule has 2 N–H and O–H groups in total. The van der Waals surface area contributed by atoms with Gasteiger partial charge in [-0.15, -0.1) is 0 Å². The van der Waals surface area contributed by atoms with Crippen LogP contribution in [0.3, 0.4) is 0 Å². The molecular weight excluding hydrogens is 278 g/mol. The van der Waals surface area contributed by atoms with Crippen molar-refractivity contribution < 1.29 is 4.74 Å². The normalized spacial score (nSPS) is 21.5. The first-order chi connectivity index (χ1) is 10.7. The highest BCUT2D eigenvalue weighted by Crippen LogP contribution is 2.31. The Hall–Kier alpha value is -2.34. The van der Waals surface area contributed by atoms with E-state index in [1.54, 1.807) is 10.9 Å². The summed E-state index contributed by atoms with van der Waals surface area (Å²) in [7, 11) is 1.91. The zero-order valence-electron chi connectivity index (χ0n) is 12.5. The third-order valence-electron chi connectivity index (χ3n) is 4.23. The number of rotatable bonds is 3. The molecule has 0 saturated heterocycles.